The Kier molecular flexibility index (Phi) is 6.87. The van der Waals surface area contributed by atoms with Gasteiger partial charge in [0.2, 0.25) is 0 Å². The molecule has 4 nitrogen and oxygen atoms in total. The van der Waals surface area contributed by atoms with Gasteiger partial charge in [-0.05, 0) is 25.1 Å². The molecule has 0 bridgehead atoms. The van der Waals surface area contributed by atoms with Crippen LogP contribution >= 0.6 is 12.2 Å². The minimum Gasteiger partial charge on any atom is -0.365 e. The molecule has 0 radical (unpaired) electrons. The molecule has 1 saturated carbocycles. The standard InChI is InChI=1S/C19H29N3OS/c24-19(21-17-9-5-2-6-10-17)20-13-18-15-22(11-12-23-18)14-16-7-3-1-4-8-16/h1,3-4,7-8,17-18H,2,5-6,9-15H2,(H2,20,21,24)/p+1/t18-/m0/s1. The summed E-state index contributed by atoms with van der Waals surface area (Å²) in [5, 5.41) is 7.63. The number of benzene rings is 1. The van der Waals surface area contributed by atoms with Crippen molar-refractivity contribution in [2.24, 2.45) is 0 Å². The molecule has 1 aliphatic carbocycles. The van der Waals surface area contributed by atoms with Gasteiger partial charge in [0.25, 0.3) is 0 Å². The SMILES string of the molecule is S=C(NC[C@H]1C[NH+](Cc2ccccc2)CCO1)NC1CCCCC1. The highest BCUT2D eigenvalue weighted by Crippen LogP contribution is 2.17. The predicted molar refractivity (Wildman–Crippen MR) is 101 cm³/mol. The van der Waals surface area contributed by atoms with Crippen molar-refractivity contribution in [3.63, 3.8) is 0 Å². The van der Waals surface area contributed by atoms with Crippen molar-refractivity contribution in [3.05, 3.63) is 35.9 Å². The van der Waals surface area contributed by atoms with Gasteiger partial charge in [-0.2, -0.15) is 0 Å². The Bertz CT molecular complexity index is 505. The molecule has 1 saturated heterocycles. The van der Waals surface area contributed by atoms with E-state index in [0.717, 1.165) is 37.9 Å². The molecule has 5 heteroatoms. The number of nitrogens with one attached hydrogen (secondary N) is 3. The molecule has 1 aromatic carbocycles. The van der Waals surface area contributed by atoms with E-state index in [0.29, 0.717) is 6.04 Å². The van der Waals surface area contributed by atoms with Crippen molar-refractivity contribution in [1.29, 1.82) is 0 Å². The lowest BCUT2D eigenvalue weighted by molar-refractivity contribution is -0.925. The molecule has 0 spiro atoms. The molecule has 1 aliphatic heterocycles. The summed E-state index contributed by atoms with van der Waals surface area (Å²) in [5.41, 5.74) is 1.40. The predicted octanol–water partition coefficient (Wildman–Crippen LogP) is 1.27. The van der Waals surface area contributed by atoms with Gasteiger partial charge < -0.3 is 20.3 Å². The van der Waals surface area contributed by atoms with Crippen molar-refractivity contribution in [2.45, 2.75) is 50.8 Å². The number of ether oxygens (including phenoxy) is 1. The first-order chi connectivity index (χ1) is 11.8. The Morgan fingerprint density at radius 1 is 1.17 bits per heavy atom. The molecule has 132 valence electrons. The smallest absolute Gasteiger partial charge is 0.166 e. The van der Waals surface area contributed by atoms with E-state index in [2.05, 4.69) is 41.0 Å². The molecule has 2 atom stereocenters. The molecule has 2 fully saturated rings. The van der Waals surface area contributed by atoms with Crippen LogP contribution in [0.3, 0.4) is 0 Å². The summed E-state index contributed by atoms with van der Waals surface area (Å²) < 4.78 is 5.92. The summed E-state index contributed by atoms with van der Waals surface area (Å²) in [4.78, 5) is 1.59. The van der Waals surface area contributed by atoms with Gasteiger partial charge in [0.1, 0.15) is 25.7 Å². The fourth-order valence-electron chi connectivity index (χ4n) is 3.72. The van der Waals surface area contributed by atoms with Crippen LogP contribution in [-0.2, 0) is 11.3 Å². The Hall–Kier alpha value is -1.17. The van der Waals surface area contributed by atoms with Crippen LogP contribution < -0.4 is 15.5 Å². The molecule has 24 heavy (non-hydrogen) atoms. The fourth-order valence-corrected chi connectivity index (χ4v) is 3.97. The maximum Gasteiger partial charge on any atom is 0.166 e. The summed E-state index contributed by atoms with van der Waals surface area (Å²) in [6.07, 6.45) is 6.75. The van der Waals surface area contributed by atoms with Gasteiger partial charge in [-0.3, -0.25) is 0 Å². The van der Waals surface area contributed by atoms with Crippen molar-refractivity contribution >= 4 is 17.3 Å². The van der Waals surface area contributed by atoms with Crippen LogP contribution in [0.25, 0.3) is 0 Å². The highest BCUT2D eigenvalue weighted by Gasteiger charge is 2.24. The Balaban J connectivity index is 1.38. The van der Waals surface area contributed by atoms with E-state index < -0.39 is 0 Å². The maximum atomic E-state index is 5.92. The highest BCUT2D eigenvalue weighted by atomic mass is 32.1. The number of hydrogen-bond donors (Lipinski definition) is 3. The van der Waals surface area contributed by atoms with Gasteiger partial charge in [0.15, 0.2) is 5.11 Å². The third-order valence-corrected chi connectivity index (χ3v) is 5.32. The number of rotatable bonds is 5. The Labute approximate surface area is 150 Å². The van der Waals surface area contributed by atoms with Gasteiger partial charge in [-0.1, -0.05) is 49.6 Å². The second-order valence-corrected chi connectivity index (χ2v) is 7.46. The third-order valence-electron chi connectivity index (χ3n) is 5.05. The molecule has 1 heterocycles. The molecular formula is C19H30N3OS+. The van der Waals surface area contributed by atoms with Crippen molar-refractivity contribution in [2.75, 3.05) is 26.2 Å². The van der Waals surface area contributed by atoms with Crippen molar-refractivity contribution in [1.82, 2.24) is 10.6 Å². The van der Waals surface area contributed by atoms with Crippen LogP contribution in [0.15, 0.2) is 30.3 Å². The lowest BCUT2D eigenvalue weighted by atomic mass is 9.96. The zero-order valence-corrected chi connectivity index (χ0v) is 15.2. The van der Waals surface area contributed by atoms with Gasteiger partial charge >= 0.3 is 0 Å². The zero-order valence-electron chi connectivity index (χ0n) is 14.4. The van der Waals surface area contributed by atoms with Crippen LogP contribution in [0.2, 0.25) is 0 Å². The van der Waals surface area contributed by atoms with Gasteiger partial charge in [0.05, 0.1) is 6.61 Å². The van der Waals surface area contributed by atoms with E-state index in [1.165, 1.54) is 37.7 Å². The molecule has 2 aliphatic rings. The van der Waals surface area contributed by atoms with E-state index in [4.69, 9.17) is 17.0 Å². The van der Waals surface area contributed by atoms with Crippen molar-refractivity contribution < 1.29 is 9.64 Å². The molecular weight excluding hydrogens is 318 g/mol. The van der Waals surface area contributed by atoms with Gasteiger partial charge in [0, 0.05) is 18.2 Å². The van der Waals surface area contributed by atoms with Crippen molar-refractivity contribution in [3.8, 4) is 0 Å². The minimum atomic E-state index is 0.239. The number of morpholine rings is 1. The lowest BCUT2D eigenvalue weighted by Gasteiger charge is -2.31. The van der Waals surface area contributed by atoms with E-state index >= 15 is 0 Å². The monoisotopic (exact) mass is 348 g/mol. The second kappa shape index (κ2) is 9.35. The minimum absolute atomic E-state index is 0.239. The first-order valence-electron chi connectivity index (χ1n) is 9.33. The number of hydrogen-bond acceptors (Lipinski definition) is 2. The lowest BCUT2D eigenvalue weighted by Crippen LogP contribution is -3.13. The van der Waals surface area contributed by atoms with E-state index in [1.54, 1.807) is 4.90 Å². The van der Waals surface area contributed by atoms with Crippen LogP contribution in [0.4, 0.5) is 0 Å². The molecule has 3 N–H and O–H groups in total. The fraction of sp³-hybridized carbons (Fsp3) is 0.632. The molecule has 1 unspecified atom stereocenters. The second-order valence-electron chi connectivity index (χ2n) is 7.05. The molecule has 0 amide bonds. The normalized spacial score (nSPS) is 25.2. The molecule has 0 aromatic heterocycles. The molecule has 3 rings (SSSR count). The van der Waals surface area contributed by atoms with Gasteiger partial charge in [-0.15, -0.1) is 0 Å². The summed E-state index contributed by atoms with van der Waals surface area (Å²) in [5.74, 6) is 0. The highest BCUT2D eigenvalue weighted by molar-refractivity contribution is 7.80. The summed E-state index contributed by atoms with van der Waals surface area (Å²) >= 11 is 5.45. The Morgan fingerprint density at radius 2 is 1.96 bits per heavy atom. The average Bonchev–Trinajstić information content (AvgIpc) is 2.62. The van der Waals surface area contributed by atoms with Crippen LogP contribution in [0, 0.1) is 0 Å². The van der Waals surface area contributed by atoms with Crippen LogP contribution in [-0.4, -0.2) is 43.5 Å². The first kappa shape index (κ1) is 17.6. The number of thiocarbonyl (C=S) groups is 1. The van der Waals surface area contributed by atoms with E-state index in [9.17, 15) is 0 Å². The van der Waals surface area contributed by atoms with E-state index in [1.807, 2.05) is 0 Å². The average molecular weight is 349 g/mol. The van der Waals surface area contributed by atoms with Crippen LogP contribution in [0.1, 0.15) is 37.7 Å². The topological polar surface area (TPSA) is 37.7 Å². The Morgan fingerprint density at radius 3 is 2.75 bits per heavy atom. The van der Waals surface area contributed by atoms with E-state index in [-0.39, 0.29) is 6.10 Å². The summed E-state index contributed by atoms with van der Waals surface area (Å²) in [6.45, 7) is 4.82. The summed E-state index contributed by atoms with van der Waals surface area (Å²) in [7, 11) is 0. The maximum absolute atomic E-state index is 5.92. The largest absolute Gasteiger partial charge is 0.365 e. The molecule has 1 aromatic rings. The number of quaternary nitrogens is 1. The first-order valence-corrected chi connectivity index (χ1v) is 9.74. The van der Waals surface area contributed by atoms with Gasteiger partial charge in [-0.25, -0.2) is 0 Å². The van der Waals surface area contributed by atoms with Crippen LogP contribution in [0.5, 0.6) is 0 Å². The quantitative estimate of drug-likeness (QED) is 0.701. The third kappa shape index (κ3) is 5.72. The summed E-state index contributed by atoms with van der Waals surface area (Å²) in [6, 6.07) is 11.3. The zero-order chi connectivity index (χ0) is 16.6.